The Morgan fingerprint density at radius 3 is 2.47 bits per heavy atom. The Bertz CT molecular complexity index is 184. The number of ether oxygens (including phenoxy) is 1. The highest BCUT2D eigenvalue weighted by atomic mass is 16.5. The number of nitrogens with one attached hydrogen (secondary N) is 1. The molecule has 0 atom stereocenters. The molecule has 1 heterocycles. The van der Waals surface area contributed by atoms with Gasteiger partial charge in [0.2, 0.25) is 0 Å². The van der Waals surface area contributed by atoms with Crippen LogP contribution in [-0.4, -0.2) is 31.3 Å². The fourth-order valence-electron chi connectivity index (χ4n) is 2.61. The van der Waals surface area contributed by atoms with E-state index in [9.17, 15) is 0 Å². The standard InChI is InChI=1S/C12H24N2O/c13-12(6-8-15-9-7-12)10-14-11-4-2-1-3-5-11/h11,14H,1-10,13H2. The van der Waals surface area contributed by atoms with Gasteiger partial charge < -0.3 is 15.8 Å². The van der Waals surface area contributed by atoms with Gasteiger partial charge in [0.15, 0.2) is 0 Å². The van der Waals surface area contributed by atoms with Crippen molar-refractivity contribution in [1.82, 2.24) is 5.32 Å². The second kappa shape index (κ2) is 5.28. The minimum atomic E-state index is -0.00427. The van der Waals surface area contributed by atoms with Crippen molar-refractivity contribution in [3.05, 3.63) is 0 Å². The predicted molar refractivity (Wildman–Crippen MR) is 61.8 cm³/mol. The summed E-state index contributed by atoms with van der Waals surface area (Å²) in [4.78, 5) is 0. The summed E-state index contributed by atoms with van der Waals surface area (Å²) in [6.07, 6.45) is 8.88. The molecule has 2 fully saturated rings. The van der Waals surface area contributed by atoms with Crippen LogP contribution in [0.2, 0.25) is 0 Å². The van der Waals surface area contributed by atoms with Crippen LogP contribution in [0.3, 0.4) is 0 Å². The maximum Gasteiger partial charge on any atom is 0.0484 e. The summed E-state index contributed by atoms with van der Waals surface area (Å²) in [6.45, 7) is 2.65. The minimum Gasteiger partial charge on any atom is -0.381 e. The van der Waals surface area contributed by atoms with Crippen LogP contribution in [0.1, 0.15) is 44.9 Å². The highest BCUT2D eigenvalue weighted by Crippen LogP contribution is 2.20. The first-order valence-corrected chi connectivity index (χ1v) is 6.39. The van der Waals surface area contributed by atoms with Crippen molar-refractivity contribution in [1.29, 1.82) is 0 Å². The van der Waals surface area contributed by atoms with E-state index in [2.05, 4.69) is 5.32 Å². The first-order valence-electron chi connectivity index (χ1n) is 6.39. The van der Waals surface area contributed by atoms with Crippen molar-refractivity contribution in [2.24, 2.45) is 5.73 Å². The molecule has 0 bridgehead atoms. The quantitative estimate of drug-likeness (QED) is 0.743. The molecule has 2 aliphatic rings. The summed E-state index contributed by atoms with van der Waals surface area (Å²) in [7, 11) is 0. The summed E-state index contributed by atoms with van der Waals surface area (Å²) < 4.78 is 5.35. The fraction of sp³-hybridized carbons (Fsp3) is 1.00. The molecule has 1 saturated heterocycles. The van der Waals surface area contributed by atoms with E-state index in [0.717, 1.165) is 38.6 Å². The van der Waals surface area contributed by atoms with E-state index >= 15 is 0 Å². The van der Waals surface area contributed by atoms with Crippen LogP contribution in [0.25, 0.3) is 0 Å². The van der Waals surface area contributed by atoms with Crippen molar-refractivity contribution in [3.63, 3.8) is 0 Å². The van der Waals surface area contributed by atoms with E-state index < -0.39 is 0 Å². The molecule has 0 spiro atoms. The van der Waals surface area contributed by atoms with Gasteiger partial charge in [0.05, 0.1) is 0 Å². The number of nitrogens with two attached hydrogens (primary N) is 1. The van der Waals surface area contributed by atoms with E-state index in [1.807, 2.05) is 0 Å². The van der Waals surface area contributed by atoms with E-state index in [4.69, 9.17) is 10.5 Å². The SMILES string of the molecule is NC1(CNC2CCCCC2)CCOCC1. The summed E-state index contributed by atoms with van der Waals surface area (Å²) in [5.41, 5.74) is 6.33. The van der Waals surface area contributed by atoms with Crippen molar-refractivity contribution in [2.45, 2.75) is 56.5 Å². The second-order valence-corrected chi connectivity index (χ2v) is 5.19. The molecule has 0 aromatic carbocycles. The lowest BCUT2D eigenvalue weighted by Gasteiger charge is -2.35. The maximum atomic E-state index is 6.33. The minimum absolute atomic E-state index is 0.00427. The van der Waals surface area contributed by atoms with Crippen molar-refractivity contribution >= 4 is 0 Å². The third-order valence-electron chi connectivity index (χ3n) is 3.84. The number of hydrogen-bond donors (Lipinski definition) is 2. The lowest BCUT2D eigenvalue weighted by molar-refractivity contribution is 0.0517. The third-order valence-corrected chi connectivity index (χ3v) is 3.84. The van der Waals surface area contributed by atoms with Crippen molar-refractivity contribution < 1.29 is 4.74 Å². The molecule has 2 rings (SSSR count). The van der Waals surface area contributed by atoms with E-state index in [1.54, 1.807) is 0 Å². The molecule has 15 heavy (non-hydrogen) atoms. The molecule has 0 aromatic heterocycles. The Labute approximate surface area is 92.7 Å². The number of hydrogen-bond acceptors (Lipinski definition) is 3. The van der Waals surface area contributed by atoms with Gasteiger partial charge in [0.25, 0.3) is 0 Å². The van der Waals surface area contributed by atoms with Gasteiger partial charge in [0.1, 0.15) is 0 Å². The molecule has 88 valence electrons. The zero-order chi connectivity index (χ0) is 10.6. The first-order chi connectivity index (χ1) is 7.29. The van der Waals surface area contributed by atoms with E-state index in [0.29, 0.717) is 0 Å². The highest BCUT2D eigenvalue weighted by Gasteiger charge is 2.28. The molecule has 3 nitrogen and oxygen atoms in total. The van der Waals surface area contributed by atoms with Gasteiger partial charge in [0, 0.05) is 31.3 Å². The van der Waals surface area contributed by atoms with Gasteiger partial charge in [-0.2, -0.15) is 0 Å². The Morgan fingerprint density at radius 2 is 1.80 bits per heavy atom. The fourth-order valence-corrected chi connectivity index (χ4v) is 2.61. The molecule has 1 aliphatic heterocycles. The van der Waals surface area contributed by atoms with Gasteiger partial charge in [-0.1, -0.05) is 19.3 Å². The smallest absolute Gasteiger partial charge is 0.0484 e. The van der Waals surface area contributed by atoms with Crippen molar-refractivity contribution in [3.8, 4) is 0 Å². The summed E-state index contributed by atoms with van der Waals surface area (Å²) in [6, 6.07) is 0.724. The lowest BCUT2D eigenvalue weighted by Crippen LogP contribution is -2.54. The van der Waals surface area contributed by atoms with Crippen LogP contribution in [-0.2, 0) is 4.74 Å². The largest absolute Gasteiger partial charge is 0.381 e. The molecule has 0 radical (unpaired) electrons. The molecule has 3 N–H and O–H groups in total. The highest BCUT2D eigenvalue weighted by molar-refractivity contribution is 4.90. The maximum absolute atomic E-state index is 6.33. The molecule has 0 amide bonds. The molecule has 0 unspecified atom stereocenters. The summed E-state index contributed by atoms with van der Waals surface area (Å²) >= 11 is 0. The Hall–Kier alpha value is -0.120. The van der Waals surface area contributed by atoms with E-state index in [1.165, 1.54) is 32.1 Å². The summed E-state index contributed by atoms with van der Waals surface area (Å²) in [5.74, 6) is 0. The summed E-state index contributed by atoms with van der Waals surface area (Å²) in [5, 5.41) is 3.65. The van der Waals surface area contributed by atoms with Crippen LogP contribution in [0.4, 0.5) is 0 Å². The molecule has 3 heteroatoms. The van der Waals surface area contributed by atoms with Gasteiger partial charge in [-0.3, -0.25) is 0 Å². The lowest BCUT2D eigenvalue weighted by atomic mass is 9.89. The van der Waals surface area contributed by atoms with Gasteiger partial charge in [-0.15, -0.1) is 0 Å². The second-order valence-electron chi connectivity index (χ2n) is 5.19. The number of rotatable bonds is 3. The van der Waals surface area contributed by atoms with Crippen LogP contribution >= 0.6 is 0 Å². The predicted octanol–water partition coefficient (Wildman–Crippen LogP) is 1.42. The molecular formula is C12H24N2O. The third kappa shape index (κ3) is 3.44. The first kappa shape index (κ1) is 11.4. The Morgan fingerprint density at radius 1 is 1.13 bits per heavy atom. The molecule has 0 aromatic rings. The van der Waals surface area contributed by atoms with Crippen molar-refractivity contribution in [2.75, 3.05) is 19.8 Å². The average molecular weight is 212 g/mol. The Kier molecular flexibility index (Phi) is 4.00. The van der Waals surface area contributed by atoms with Crippen LogP contribution in [0, 0.1) is 0 Å². The molecule has 1 aliphatic carbocycles. The van der Waals surface area contributed by atoms with Gasteiger partial charge in [-0.05, 0) is 25.7 Å². The van der Waals surface area contributed by atoms with Gasteiger partial charge >= 0.3 is 0 Å². The van der Waals surface area contributed by atoms with E-state index in [-0.39, 0.29) is 5.54 Å². The van der Waals surface area contributed by atoms with Crippen LogP contribution < -0.4 is 11.1 Å². The average Bonchev–Trinajstić information content (AvgIpc) is 2.29. The monoisotopic (exact) mass is 212 g/mol. The zero-order valence-electron chi connectivity index (χ0n) is 9.63. The zero-order valence-corrected chi connectivity index (χ0v) is 9.63. The van der Waals surface area contributed by atoms with Gasteiger partial charge in [-0.25, -0.2) is 0 Å². The molecule has 1 saturated carbocycles. The Balaban J connectivity index is 1.70. The topological polar surface area (TPSA) is 47.3 Å². The normalized spacial score (nSPS) is 27.8. The molecular weight excluding hydrogens is 188 g/mol. The van der Waals surface area contributed by atoms with Crippen LogP contribution in [0.5, 0.6) is 0 Å². The van der Waals surface area contributed by atoms with Crippen LogP contribution in [0.15, 0.2) is 0 Å².